The van der Waals surface area contributed by atoms with Gasteiger partial charge in [-0.2, -0.15) is 18.2 Å². The number of hydrogen-bond acceptors (Lipinski definition) is 6. The molecule has 0 unspecified atom stereocenters. The fraction of sp³-hybridized carbons (Fsp3) is 0.484. The van der Waals surface area contributed by atoms with Crippen molar-refractivity contribution in [3.8, 4) is 0 Å². The fourth-order valence-electron chi connectivity index (χ4n) is 6.41. The number of nitrogens with one attached hydrogen (secondary N) is 2. The van der Waals surface area contributed by atoms with Crippen LogP contribution in [0.15, 0.2) is 48.7 Å². The Kier molecular flexibility index (Phi) is 8.13. The lowest BCUT2D eigenvalue weighted by Crippen LogP contribution is -2.49. The Morgan fingerprint density at radius 3 is 2.49 bits per heavy atom. The molecule has 0 atom stereocenters. The number of carbonyl (C=O) groups excluding carboxylic acids is 2. The second-order valence-electron chi connectivity index (χ2n) is 11.8. The number of amides is 2. The number of anilines is 2. The summed E-state index contributed by atoms with van der Waals surface area (Å²) in [5.41, 5.74) is 4.22. The molecule has 0 saturated carbocycles. The first-order valence-electron chi connectivity index (χ1n) is 14.9. The number of likely N-dealkylation sites (tertiary alicyclic amines) is 1. The molecular formula is C31H36F3N7O2. The first-order chi connectivity index (χ1) is 20.7. The normalized spacial score (nSPS) is 19.0. The first kappa shape index (κ1) is 29.2. The minimum Gasteiger partial charge on any atom is -0.339 e. The van der Waals surface area contributed by atoms with Crippen molar-refractivity contribution in [1.82, 2.24) is 29.7 Å². The summed E-state index contributed by atoms with van der Waals surface area (Å²) < 4.78 is 39.2. The van der Waals surface area contributed by atoms with Crippen LogP contribution in [0.4, 0.5) is 24.8 Å². The first-order valence-corrected chi connectivity index (χ1v) is 14.9. The van der Waals surface area contributed by atoms with Crippen molar-refractivity contribution >= 4 is 34.7 Å². The van der Waals surface area contributed by atoms with Crippen LogP contribution in [-0.4, -0.2) is 81.7 Å². The van der Waals surface area contributed by atoms with Gasteiger partial charge in [-0.05, 0) is 86.0 Å². The van der Waals surface area contributed by atoms with Crippen LogP contribution in [0.3, 0.4) is 0 Å². The number of benzene rings is 1. The molecule has 12 heteroatoms. The van der Waals surface area contributed by atoms with E-state index in [2.05, 4.69) is 20.7 Å². The van der Waals surface area contributed by atoms with Gasteiger partial charge in [0.1, 0.15) is 0 Å². The third-order valence-corrected chi connectivity index (χ3v) is 8.95. The van der Waals surface area contributed by atoms with E-state index in [0.29, 0.717) is 35.5 Å². The number of pyridine rings is 1. The van der Waals surface area contributed by atoms with E-state index in [1.165, 1.54) is 17.7 Å². The Bertz CT molecular complexity index is 1500. The molecule has 2 aromatic heterocycles. The summed E-state index contributed by atoms with van der Waals surface area (Å²) >= 11 is 0. The summed E-state index contributed by atoms with van der Waals surface area (Å²) in [6.45, 7) is 4.33. The molecule has 3 aliphatic rings. The number of alkyl halides is 3. The largest absolute Gasteiger partial charge is 0.389 e. The molecule has 2 amide bonds. The fourth-order valence-corrected chi connectivity index (χ4v) is 6.41. The van der Waals surface area contributed by atoms with Gasteiger partial charge in [0.15, 0.2) is 5.65 Å². The van der Waals surface area contributed by atoms with Gasteiger partial charge in [-0.25, -0.2) is 4.52 Å². The Labute approximate surface area is 248 Å². The lowest BCUT2D eigenvalue weighted by molar-refractivity contribution is -0.148. The van der Waals surface area contributed by atoms with E-state index in [-0.39, 0.29) is 12.5 Å². The van der Waals surface area contributed by atoms with Crippen molar-refractivity contribution in [2.75, 3.05) is 44.6 Å². The van der Waals surface area contributed by atoms with Crippen LogP contribution in [0.1, 0.15) is 60.9 Å². The number of hydrogen-bond donors (Lipinski definition) is 2. The van der Waals surface area contributed by atoms with E-state index in [9.17, 15) is 22.8 Å². The zero-order valence-corrected chi connectivity index (χ0v) is 24.0. The molecule has 0 bridgehead atoms. The molecule has 2 saturated heterocycles. The predicted molar refractivity (Wildman–Crippen MR) is 157 cm³/mol. The molecule has 1 spiro atoms. The minimum atomic E-state index is -4.34. The number of fused-ring (bicyclic) bond motifs is 1. The van der Waals surface area contributed by atoms with Gasteiger partial charge < -0.3 is 20.4 Å². The molecule has 1 aromatic carbocycles. The molecule has 5 heterocycles. The maximum atomic E-state index is 13.2. The van der Waals surface area contributed by atoms with Crippen molar-refractivity contribution in [2.45, 2.75) is 51.1 Å². The lowest BCUT2D eigenvalue weighted by Gasteiger charge is -2.44. The molecule has 0 radical (unpaired) electrons. The zero-order chi connectivity index (χ0) is 30.0. The van der Waals surface area contributed by atoms with Gasteiger partial charge in [-0.15, -0.1) is 5.10 Å². The van der Waals surface area contributed by atoms with E-state index in [0.717, 1.165) is 55.8 Å². The highest BCUT2D eigenvalue weighted by atomic mass is 19.4. The summed E-state index contributed by atoms with van der Waals surface area (Å²) in [5.74, 6) is -0.0369. The average Bonchev–Trinajstić information content (AvgIpc) is 3.43. The van der Waals surface area contributed by atoms with E-state index in [4.69, 9.17) is 0 Å². The highest BCUT2D eigenvalue weighted by Crippen LogP contribution is 2.37. The smallest absolute Gasteiger partial charge is 0.339 e. The zero-order valence-electron chi connectivity index (χ0n) is 24.0. The minimum absolute atomic E-state index is 0.0574. The molecule has 2 fully saturated rings. The van der Waals surface area contributed by atoms with Gasteiger partial charge in [0.2, 0.25) is 11.9 Å². The molecule has 9 nitrogen and oxygen atoms in total. The summed E-state index contributed by atoms with van der Waals surface area (Å²) in [6.07, 6.45) is 2.73. The second-order valence-corrected chi connectivity index (χ2v) is 11.8. The third kappa shape index (κ3) is 6.69. The van der Waals surface area contributed by atoms with Crippen LogP contribution in [-0.2, 0) is 4.79 Å². The van der Waals surface area contributed by atoms with Crippen LogP contribution in [0, 0.1) is 5.41 Å². The molecule has 6 rings (SSSR count). The van der Waals surface area contributed by atoms with Crippen molar-refractivity contribution in [2.24, 2.45) is 5.41 Å². The standard InChI is InChI=1S/C31H36F3N7O2/c32-31(33,34)12-8-26(42)39-17-9-22(10-18-39)25-3-1-16-41-27(25)37-29(38-41)36-24-6-4-23(5-7-24)28(43)40-19-13-30(14-20-40)11-2-15-35-21-30/h1,3-7,9,16,35H,2,8,10-15,17-21H2,(H,36,38). The van der Waals surface area contributed by atoms with E-state index in [1.54, 1.807) is 10.7 Å². The van der Waals surface area contributed by atoms with Gasteiger partial charge >= 0.3 is 6.18 Å². The van der Waals surface area contributed by atoms with Crippen LogP contribution >= 0.6 is 0 Å². The van der Waals surface area contributed by atoms with Gasteiger partial charge in [0.05, 0.1) is 6.42 Å². The number of halogens is 3. The molecule has 3 aliphatic heterocycles. The highest BCUT2D eigenvalue weighted by Gasteiger charge is 2.37. The number of nitrogens with zero attached hydrogens (tertiary/aromatic N) is 5. The van der Waals surface area contributed by atoms with Gasteiger partial charge in [-0.1, -0.05) is 6.08 Å². The molecule has 228 valence electrons. The van der Waals surface area contributed by atoms with Crippen molar-refractivity contribution in [3.63, 3.8) is 0 Å². The third-order valence-electron chi connectivity index (χ3n) is 8.95. The van der Waals surface area contributed by atoms with Crippen LogP contribution in [0.2, 0.25) is 0 Å². The van der Waals surface area contributed by atoms with Gasteiger partial charge in [-0.3, -0.25) is 9.59 Å². The van der Waals surface area contributed by atoms with E-state index in [1.807, 2.05) is 47.4 Å². The quantitative estimate of drug-likeness (QED) is 0.415. The van der Waals surface area contributed by atoms with Crippen molar-refractivity contribution in [3.05, 3.63) is 59.8 Å². The van der Waals surface area contributed by atoms with Crippen molar-refractivity contribution < 1.29 is 22.8 Å². The Morgan fingerprint density at radius 2 is 1.81 bits per heavy atom. The van der Waals surface area contributed by atoms with E-state index >= 15 is 0 Å². The van der Waals surface area contributed by atoms with Gasteiger partial charge in [0, 0.05) is 62.2 Å². The maximum absolute atomic E-state index is 13.2. The van der Waals surface area contributed by atoms with Crippen LogP contribution in [0.25, 0.3) is 11.2 Å². The molecule has 43 heavy (non-hydrogen) atoms. The lowest BCUT2D eigenvalue weighted by atomic mass is 9.73. The number of rotatable bonds is 6. The number of carbonyl (C=O) groups is 2. The molecular weight excluding hydrogens is 559 g/mol. The number of aromatic nitrogens is 3. The van der Waals surface area contributed by atoms with Crippen LogP contribution < -0.4 is 10.6 Å². The highest BCUT2D eigenvalue weighted by molar-refractivity contribution is 5.94. The molecule has 2 N–H and O–H groups in total. The van der Waals surface area contributed by atoms with Gasteiger partial charge in [0.25, 0.3) is 5.91 Å². The topological polar surface area (TPSA) is 94.9 Å². The van der Waals surface area contributed by atoms with E-state index < -0.39 is 24.9 Å². The number of piperidine rings is 2. The monoisotopic (exact) mass is 595 g/mol. The van der Waals surface area contributed by atoms with Crippen molar-refractivity contribution in [1.29, 1.82) is 0 Å². The Balaban J connectivity index is 1.08. The second kappa shape index (κ2) is 12.0. The summed E-state index contributed by atoms with van der Waals surface area (Å²) in [4.78, 5) is 33.5. The average molecular weight is 596 g/mol. The molecule has 3 aromatic rings. The van der Waals surface area contributed by atoms with Crippen LogP contribution in [0.5, 0.6) is 0 Å². The Morgan fingerprint density at radius 1 is 1.02 bits per heavy atom. The Hall–Kier alpha value is -3.93. The summed E-state index contributed by atoms with van der Waals surface area (Å²) in [5, 5.41) is 11.3. The summed E-state index contributed by atoms with van der Waals surface area (Å²) in [7, 11) is 0. The SMILES string of the molecule is O=C(CCC(F)(F)F)N1CC=C(c2cccn3nc(Nc4ccc(C(=O)N5CCC6(CCCNC6)CC5)cc4)nc23)CC1. The maximum Gasteiger partial charge on any atom is 0.389 e. The summed E-state index contributed by atoms with van der Waals surface area (Å²) in [6, 6.07) is 11.1. The molecule has 0 aliphatic carbocycles. The predicted octanol–water partition coefficient (Wildman–Crippen LogP) is 5.04.